The zero-order valence-electron chi connectivity index (χ0n) is 13.0. The maximum Gasteiger partial charge on any atom is 0.233 e. The van der Waals surface area contributed by atoms with E-state index in [2.05, 4.69) is 10.6 Å². The average molecular weight is 307 g/mol. The Labute approximate surface area is 134 Å². The summed E-state index contributed by atoms with van der Waals surface area (Å²) in [7, 11) is 0. The van der Waals surface area contributed by atoms with Crippen LogP contribution in [0.1, 0.15) is 23.1 Å². The van der Waals surface area contributed by atoms with Gasteiger partial charge < -0.3 is 10.6 Å². The molecule has 0 saturated carbocycles. The van der Waals surface area contributed by atoms with Crippen LogP contribution in [-0.4, -0.2) is 11.8 Å². The van der Waals surface area contributed by atoms with E-state index >= 15 is 0 Å². The molecule has 0 radical (unpaired) electrons. The van der Waals surface area contributed by atoms with Crippen molar-refractivity contribution in [3.05, 3.63) is 59.2 Å². The third-order valence-electron chi connectivity index (χ3n) is 3.26. The molecular weight excluding hydrogens is 290 g/mol. The zero-order chi connectivity index (χ0) is 16.8. The SMILES string of the molecule is Cc1ccc(C)c(NC(=O)CC(=O)Nc2cccc(C#N)c2)c1. The number of hydrogen-bond acceptors (Lipinski definition) is 3. The normalized spacial score (nSPS) is 9.78. The Hall–Kier alpha value is -3.13. The molecule has 0 saturated heterocycles. The largest absolute Gasteiger partial charge is 0.326 e. The number of anilines is 2. The molecular formula is C18H17N3O2. The first-order chi connectivity index (χ1) is 11.0. The molecule has 2 aromatic carbocycles. The maximum atomic E-state index is 12.0. The van der Waals surface area contributed by atoms with Crippen LogP contribution in [0.5, 0.6) is 0 Å². The fourth-order valence-corrected chi connectivity index (χ4v) is 2.08. The van der Waals surface area contributed by atoms with Crippen molar-refractivity contribution in [1.29, 1.82) is 5.26 Å². The van der Waals surface area contributed by atoms with Crippen molar-refractivity contribution in [1.82, 2.24) is 0 Å². The fourth-order valence-electron chi connectivity index (χ4n) is 2.08. The molecule has 2 N–H and O–H groups in total. The van der Waals surface area contributed by atoms with Crippen molar-refractivity contribution in [2.24, 2.45) is 0 Å². The lowest BCUT2D eigenvalue weighted by molar-refractivity contribution is -0.123. The lowest BCUT2D eigenvalue weighted by Crippen LogP contribution is -2.21. The van der Waals surface area contributed by atoms with Gasteiger partial charge in [-0.3, -0.25) is 9.59 Å². The molecule has 2 amide bonds. The van der Waals surface area contributed by atoms with E-state index in [1.54, 1.807) is 24.3 Å². The van der Waals surface area contributed by atoms with Gasteiger partial charge in [-0.05, 0) is 49.2 Å². The number of hydrogen-bond donors (Lipinski definition) is 2. The number of aryl methyl sites for hydroxylation is 2. The number of rotatable bonds is 4. The van der Waals surface area contributed by atoms with E-state index in [9.17, 15) is 9.59 Å². The van der Waals surface area contributed by atoms with Crippen LogP contribution in [0.15, 0.2) is 42.5 Å². The van der Waals surface area contributed by atoms with Gasteiger partial charge >= 0.3 is 0 Å². The van der Waals surface area contributed by atoms with E-state index in [1.165, 1.54) is 0 Å². The molecule has 0 atom stereocenters. The van der Waals surface area contributed by atoms with Crippen LogP contribution < -0.4 is 10.6 Å². The Bertz CT molecular complexity index is 791. The third-order valence-corrected chi connectivity index (χ3v) is 3.26. The standard InChI is InChI=1S/C18H17N3O2/c1-12-6-7-13(2)16(8-12)21-18(23)10-17(22)20-15-5-3-4-14(9-15)11-19/h3-9H,10H2,1-2H3,(H,20,22)(H,21,23). The van der Waals surface area contributed by atoms with Crippen molar-refractivity contribution >= 4 is 23.2 Å². The van der Waals surface area contributed by atoms with E-state index in [4.69, 9.17) is 5.26 Å². The second-order valence-corrected chi connectivity index (χ2v) is 5.28. The van der Waals surface area contributed by atoms with Crippen LogP contribution >= 0.6 is 0 Å². The smallest absolute Gasteiger partial charge is 0.233 e. The van der Waals surface area contributed by atoms with E-state index in [1.807, 2.05) is 38.1 Å². The van der Waals surface area contributed by atoms with Gasteiger partial charge in [0.05, 0.1) is 11.6 Å². The van der Waals surface area contributed by atoms with Crippen LogP contribution in [0.2, 0.25) is 0 Å². The van der Waals surface area contributed by atoms with Crippen molar-refractivity contribution in [2.45, 2.75) is 20.3 Å². The maximum absolute atomic E-state index is 12.0. The van der Waals surface area contributed by atoms with E-state index in [0.29, 0.717) is 16.9 Å². The first-order valence-electron chi connectivity index (χ1n) is 7.15. The Morgan fingerprint density at radius 3 is 2.52 bits per heavy atom. The van der Waals surface area contributed by atoms with Crippen molar-refractivity contribution in [3.63, 3.8) is 0 Å². The van der Waals surface area contributed by atoms with Crippen molar-refractivity contribution < 1.29 is 9.59 Å². The molecule has 0 aliphatic heterocycles. The summed E-state index contributed by atoms with van der Waals surface area (Å²) in [4.78, 5) is 23.9. The Balaban J connectivity index is 1.96. The highest BCUT2D eigenvalue weighted by atomic mass is 16.2. The van der Waals surface area contributed by atoms with Gasteiger partial charge in [0.25, 0.3) is 0 Å². The first kappa shape index (κ1) is 16.2. The van der Waals surface area contributed by atoms with Gasteiger partial charge in [0.2, 0.25) is 11.8 Å². The molecule has 5 nitrogen and oxygen atoms in total. The molecule has 5 heteroatoms. The third kappa shape index (κ3) is 4.68. The summed E-state index contributed by atoms with van der Waals surface area (Å²) >= 11 is 0. The molecule has 0 spiro atoms. The second-order valence-electron chi connectivity index (χ2n) is 5.28. The van der Waals surface area contributed by atoms with Crippen LogP contribution in [0.3, 0.4) is 0 Å². The number of benzene rings is 2. The minimum absolute atomic E-state index is 0.288. The summed E-state index contributed by atoms with van der Waals surface area (Å²) in [5, 5.41) is 14.2. The number of carbonyl (C=O) groups excluding carboxylic acids is 2. The second kappa shape index (κ2) is 7.23. The molecule has 23 heavy (non-hydrogen) atoms. The van der Waals surface area contributed by atoms with Crippen molar-refractivity contribution in [3.8, 4) is 6.07 Å². The van der Waals surface area contributed by atoms with Crippen LogP contribution in [0, 0.1) is 25.2 Å². The number of carbonyl (C=O) groups is 2. The molecule has 116 valence electrons. The van der Waals surface area contributed by atoms with Gasteiger partial charge in [-0.25, -0.2) is 0 Å². The lowest BCUT2D eigenvalue weighted by Gasteiger charge is -2.10. The number of nitriles is 1. The first-order valence-corrected chi connectivity index (χ1v) is 7.15. The van der Waals surface area contributed by atoms with Gasteiger partial charge in [0.15, 0.2) is 0 Å². The quantitative estimate of drug-likeness (QED) is 0.851. The summed E-state index contributed by atoms with van der Waals surface area (Å²) in [6.45, 7) is 3.83. The van der Waals surface area contributed by atoms with Crippen LogP contribution in [-0.2, 0) is 9.59 Å². The molecule has 2 rings (SSSR count). The number of nitrogens with one attached hydrogen (secondary N) is 2. The molecule has 0 bridgehead atoms. The molecule has 0 fully saturated rings. The van der Waals surface area contributed by atoms with E-state index < -0.39 is 5.91 Å². The van der Waals surface area contributed by atoms with Gasteiger partial charge in [0.1, 0.15) is 6.42 Å². The predicted octanol–water partition coefficient (Wildman–Crippen LogP) is 3.14. The summed E-state index contributed by atoms with van der Waals surface area (Å²) in [6.07, 6.45) is -0.288. The highest BCUT2D eigenvalue weighted by molar-refractivity contribution is 6.08. The highest BCUT2D eigenvalue weighted by Gasteiger charge is 2.11. The average Bonchev–Trinajstić information content (AvgIpc) is 2.50. The monoisotopic (exact) mass is 307 g/mol. The number of nitrogens with zero attached hydrogens (tertiary/aromatic N) is 1. The minimum Gasteiger partial charge on any atom is -0.326 e. The summed E-state index contributed by atoms with van der Waals surface area (Å²) in [5.74, 6) is -0.810. The Morgan fingerprint density at radius 2 is 1.78 bits per heavy atom. The molecule has 0 aliphatic carbocycles. The summed E-state index contributed by atoms with van der Waals surface area (Å²) < 4.78 is 0. The lowest BCUT2D eigenvalue weighted by atomic mass is 10.1. The summed E-state index contributed by atoms with van der Waals surface area (Å²) in [5.41, 5.74) is 3.61. The van der Waals surface area contributed by atoms with E-state index in [-0.39, 0.29) is 12.3 Å². The van der Waals surface area contributed by atoms with Crippen LogP contribution in [0.4, 0.5) is 11.4 Å². The predicted molar refractivity (Wildman–Crippen MR) is 88.9 cm³/mol. The Morgan fingerprint density at radius 1 is 1.04 bits per heavy atom. The fraction of sp³-hybridized carbons (Fsp3) is 0.167. The van der Waals surface area contributed by atoms with Crippen LogP contribution in [0.25, 0.3) is 0 Å². The molecule has 0 unspecified atom stereocenters. The Kier molecular flexibility index (Phi) is 5.11. The van der Waals surface area contributed by atoms with Gasteiger partial charge in [-0.1, -0.05) is 18.2 Å². The van der Waals surface area contributed by atoms with Gasteiger partial charge in [0, 0.05) is 11.4 Å². The highest BCUT2D eigenvalue weighted by Crippen LogP contribution is 2.16. The topological polar surface area (TPSA) is 82.0 Å². The van der Waals surface area contributed by atoms with Gasteiger partial charge in [-0.15, -0.1) is 0 Å². The molecule has 2 aromatic rings. The molecule has 0 aromatic heterocycles. The number of amides is 2. The molecule has 0 aliphatic rings. The summed E-state index contributed by atoms with van der Waals surface area (Å²) in [6, 6.07) is 14.3. The molecule has 0 heterocycles. The van der Waals surface area contributed by atoms with Crippen molar-refractivity contribution in [2.75, 3.05) is 10.6 Å². The zero-order valence-corrected chi connectivity index (χ0v) is 13.0. The van der Waals surface area contributed by atoms with E-state index in [0.717, 1.165) is 11.1 Å². The van der Waals surface area contributed by atoms with Gasteiger partial charge in [-0.2, -0.15) is 5.26 Å². The minimum atomic E-state index is -0.428.